The predicted octanol–water partition coefficient (Wildman–Crippen LogP) is -8.53. The average molecular weight is 1000 g/mol. The fourth-order valence-corrected chi connectivity index (χ4v) is 8.94. The molecule has 6 aromatic rings. The van der Waals surface area contributed by atoms with Crippen LogP contribution in [0.5, 0.6) is 5.75 Å². The molecule has 0 saturated carbocycles. The van der Waals surface area contributed by atoms with Crippen LogP contribution in [0.2, 0.25) is 0 Å². The number of hydrogen-bond acceptors (Lipinski definition) is 22. The average Bonchev–Trinajstić information content (AvgIpc) is 3.11. The molecule has 0 aliphatic carbocycles. The maximum absolute atomic E-state index is 14.7. The quantitative estimate of drug-likeness (QED) is 0.0582. The van der Waals surface area contributed by atoms with Gasteiger partial charge in [-0.25, -0.2) is 42.1 Å². The van der Waals surface area contributed by atoms with Gasteiger partial charge in [-0.05, 0) is 53.9 Å². The number of nitrogens with zero attached hydrogens (tertiary/aromatic N) is 5. The first-order chi connectivity index (χ1) is 27.3. The molecular formula is C31H18FN7Na4O15S5. The van der Waals surface area contributed by atoms with Crippen LogP contribution in [0, 0.1) is 6.08 Å². The van der Waals surface area contributed by atoms with E-state index in [4.69, 9.17) is 0 Å². The fourth-order valence-electron chi connectivity index (χ4n) is 5.50. The number of phenolic OH excluding ortho intramolecular Hbond substituents is 1. The first kappa shape index (κ1) is 57.0. The molecule has 0 spiro atoms. The number of nitrogens with one attached hydrogen (secondary N) is 2. The molecule has 0 atom stereocenters. The minimum atomic E-state index is -5.75. The van der Waals surface area contributed by atoms with Gasteiger partial charge >= 0.3 is 124 Å². The van der Waals surface area contributed by atoms with Gasteiger partial charge in [0, 0.05) is 27.3 Å². The maximum atomic E-state index is 14.7. The van der Waals surface area contributed by atoms with Crippen molar-refractivity contribution in [3.8, 4) is 5.75 Å². The SMILES string of the molecule is C=CS(=O)(=O)c1cccc(Nc2nc(F)nc(Nc3cc(S(=O)(=O)[O-])cc4cc(S(=O)(=O)[O-])c(N=Nc5ccc6c(S(=O)(=O)[O-])cccc6c5S(=O)(=O)[O-])c(O)c34)n2)c1.[Na+].[Na+].[Na+].[Na+]. The number of aromatic hydroxyl groups is 1. The molecule has 6 rings (SSSR count). The van der Waals surface area contributed by atoms with Crippen LogP contribution in [-0.4, -0.2) is 80.4 Å². The van der Waals surface area contributed by atoms with Gasteiger partial charge < -0.3 is 34.0 Å². The van der Waals surface area contributed by atoms with Crippen LogP contribution < -0.4 is 129 Å². The Kier molecular flexibility index (Phi) is 19.2. The number of benzene rings is 5. The molecule has 0 amide bonds. The van der Waals surface area contributed by atoms with E-state index in [9.17, 15) is 69.8 Å². The Bertz CT molecular complexity index is 3430. The summed E-state index contributed by atoms with van der Waals surface area (Å²) in [4.78, 5) is 5.79. The van der Waals surface area contributed by atoms with Gasteiger partial charge in [0.1, 0.15) is 51.8 Å². The largest absolute Gasteiger partial charge is 1.00 e. The molecule has 308 valence electrons. The van der Waals surface area contributed by atoms with Gasteiger partial charge in [0.05, 0.1) is 30.2 Å². The van der Waals surface area contributed by atoms with Gasteiger partial charge in [0.2, 0.25) is 11.9 Å². The number of sulfone groups is 1. The Labute approximate surface area is 445 Å². The van der Waals surface area contributed by atoms with Crippen molar-refractivity contribution >= 4 is 107 Å². The zero-order valence-corrected chi connectivity index (χ0v) is 44.6. The standard InChI is InChI=1S/C31H22FN7O15S5.4Na/c1-2-55(41,42)17-6-3-5-16(13-17)33-30-35-29(32)36-31(37-30)34-22-14-18(56(43,44)45)11-15-12-24(58(49,50)51)26(27(40)25(15)22)39-38-21-10-9-19-20(28(21)59(52,53)54)7-4-8-23(19)57(46,47)48;;;;/h2-14,40H,1H2,(H,43,44,45)(H,46,47,48)(H,49,50,51)(H,52,53,54)(H2,33,34,35,36,37);;;;/q;4*+1/p-4. The van der Waals surface area contributed by atoms with E-state index in [1.165, 1.54) is 18.2 Å². The Hall–Kier alpha value is -2.11. The van der Waals surface area contributed by atoms with E-state index < -0.39 is 132 Å². The van der Waals surface area contributed by atoms with Crippen LogP contribution >= 0.6 is 0 Å². The van der Waals surface area contributed by atoms with Crippen molar-refractivity contribution in [2.75, 3.05) is 10.6 Å². The van der Waals surface area contributed by atoms with Crippen LogP contribution in [0.1, 0.15) is 0 Å². The van der Waals surface area contributed by atoms with Crippen LogP contribution in [0.15, 0.2) is 119 Å². The molecule has 0 fully saturated rings. The van der Waals surface area contributed by atoms with E-state index in [1.807, 2.05) is 0 Å². The molecule has 0 aliphatic heterocycles. The molecule has 0 aliphatic rings. The predicted molar refractivity (Wildman–Crippen MR) is 196 cm³/mol. The zero-order valence-electron chi connectivity index (χ0n) is 32.5. The van der Waals surface area contributed by atoms with Crippen molar-refractivity contribution in [2.45, 2.75) is 24.5 Å². The summed E-state index contributed by atoms with van der Waals surface area (Å²) in [6.07, 6.45) is -1.50. The summed E-state index contributed by atoms with van der Waals surface area (Å²) in [5, 5.41) is 21.5. The molecular weight excluding hydrogens is 982 g/mol. The first-order valence-corrected chi connectivity index (χ1v) is 22.5. The molecule has 63 heavy (non-hydrogen) atoms. The van der Waals surface area contributed by atoms with Crippen molar-refractivity contribution in [3.05, 3.63) is 90.9 Å². The Morgan fingerprint density at radius 3 is 1.81 bits per heavy atom. The summed E-state index contributed by atoms with van der Waals surface area (Å²) < 4.78 is 186. The second-order valence-electron chi connectivity index (χ2n) is 11.7. The molecule has 0 saturated heterocycles. The van der Waals surface area contributed by atoms with Gasteiger partial charge in [-0.2, -0.15) is 19.3 Å². The Morgan fingerprint density at radius 2 is 1.24 bits per heavy atom. The topological polar surface area (TPSA) is 371 Å². The van der Waals surface area contributed by atoms with Crippen LogP contribution in [-0.2, 0) is 50.3 Å². The molecule has 22 nitrogen and oxygen atoms in total. The third kappa shape index (κ3) is 12.9. The zero-order chi connectivity index (χ0) is 43.5. The van der Waals surface area contributed by atoms with Gasteiger partial charge in [0.15, 0.2) is 15.6 Å². The van der Waals surface area contributed by atoms with Crippen molar-refractivity contribution in [3.63, 3.8) is 0 Å². The van der Waals surface area contributed by atoms with Crippen molar-refractivity contribution < 1.29 is 188 Å². The number of fused-ring (bicyclic) bond motifs is 2. The van der Waals surface area contributed by atoms with E-state index in [1.54, 1.807) is 0 Å². The molecule has 32 heteroatoms. The van der Waals surface area contributed by atoms with Gasteiger partial charge in [0.25, 0.3) is 0 Å². The summed E-state index contributed by atoms with van der Waals surface area (Å²) in [5.74, 6) is -2.72. The number of halogens is 1. The van der Waals surface area contributed by atoms with Crippen molar-refractivity contribution in [2.24, 2.45) is 10.2 Å². The molecule has 5 aromatic carbocycles. The van der Waals surface area contributed by atoms with E-state index >= 15 is 0 Å². The molecule has 1 heterocycles. The summed E-state index contributed by atoms with van der Waals surface area (Å²) in [5.41, 5.74) is -2.88. The Morgan fingerprint density at radius 1 is 0.635 bits per heavy atom. The molecule has 0 unspecified atom stereocenters. The van der Waals surface area contributed by atoms with Crippen molar-refractivity contribution in [1.82, 2.24) is 15.0 Å². The van der Waals surface area contributed by atoms with Crippen LogP contribution in [0.3, 0.4) is 0 Å². The molecule has 0 bridgehead atoms. The van der Waals surface area contributed by atoms with Gasteiger partial charge in [-0.1, -0.05) is 30.8 Å². The normalized spacial score (nSPS) is 12.1. The monoisotopic (exact) mass is 999 g/mol. The van der Waals surface area contributed by atoms with Gasteiger partial charge in [-0.3, -0.25) is 0 Å². The van der Waals surface area contributed by atoms with E-state index in [0.717, 1.165) is 30.3 Å². The van der Waals surface area contributed by atoms with Crippen LogP contribution in [0.4, 0.5) is 39.0 Å². The Balaban J connectivity index is 0.00000341. The summed E-state index contributed by atoms with van der Waals surface area (Å²) in [6.45, 7) is 3.22. The van der Waals surface area contributed by atoms with Crippen molar-refractivity contribution in [1.29, 1.82) is 0 Å². The smallest absolute Gasteiger partial charge is 0.744 e. The summed E-state index contributed by atoms with van der Waals surface area (Å²) in [7, 11) is -26.0. The number of aromatic nitrogens is 3. The van der Waals surface area contributed by atoms with Gasteiger partial charge in [-0.15, -0.1) is 10.2 Å². The number of hydrogen-bond donors (Lipinski definition) is 3. The van der Waals surface area contributed by atoms with E-state index in [2.05, 4.69) is 42.4 Å². The molecule has 0 radical (unpaired) electrons. The minimum absolute atomic E-state index is 0. The molecule has 3 N–H and O–H groups in total. The fraction of sp³-hybridized carbons (Fsp3) is 0. The number of phenols is 1. The second-order valence-corrected chi connectivity index (χ2v) is 19.0. The number of rotatable bonds is 12. The summed E-state index contributed by atoms with van der Waals surface area (Å²) in [6, 6.07) is 10.8. The minimum Gasteiger partial charge on any atom is -0.744 e. The summed E-state index contributed by atoms with van der Waals surface area (Å²) >= 11 is 0. The third-order valence-electron chi connectivity index (χ3n) is 7.90. The number of anilines is 4. The van der Waals surface area contributed by atoms with Crippen LogP contribution in [0.25, 0.3) is 21.5 Å². The second kappa shape index (κ2) is 21.2. The van der Waals surface area contributed by atoms with E-state index in [-0.39, 0.29) is 129 Å². The number of azo groups is 1. The van der Waals surface area contributed by atoms with E-state index in [0.29, 0.717) is 29.7 Å². The first-order valence-electron chi connectivity index (χ1n) is 15.4. The molecule has 1 aromatic heterocycles. The third-order valence-corrected chi connectivity index (χ3v) is 12.7. The maximum Gasteiger partial charge on any atom is 1.00 e.